The molecule has 0 unspecified atom stereocenters. The van der Waals surface area contributed by atoms with Gasteiger partial charge in [0, 0.05) is 5.56 Å². The molecule has 1 aromatic carbocycles. The highest BCUT2D eigenvalue weighted by Gasteiger charge is 2.13. The predicted octanol–water partition coefficient (Wildman–Crippen LogP) is 2.20. The van der Waals surface area contributed by atoms with E-state index in [0.717, 1.165) is 11.1 Å². The fourth-order valence-electron chi connectivity index (χ4n) is 1.82. The highest BCUT2D eigenvalue weighted by molar-refractivity contribution is 5.53. The Morgan fingerprint density at radius 1 is 1.33 bits per heavy atom. The maximum absolute atomic E-state index is 10.6. The van der Waals surface area contributed by atoms with Crippen molar-refractivity contribution in [2.45, 2.75) is 13.5 Å². The molecule has 0 aliphatic heterocycles. The molecule has 0 radical (unpaired) electrons. The molecule has 0 bridgehead atoms. The summed E-state index contributed by atoms with van der Waals surface area (Å²) in [5.41, 5.74) is 1.97. The highest BCUT2D eigenvalue weighted by Crippen LogP contribution is 2.18. The zero-order chi connectivity index (χ0) is 14.8. The molecule has 0 saturated carbocycles. The Hall–Kier alpha value is -3.03. The van der Waals surface area contributed by atoms with Crippen molar-refractivity contribution in [3.8, 4) is 11.5 Å². The first-order valence-electron chi connectivity index (χ1n) is 6.17. The number of benzene rings is 1. The lowest BCUT2D eigenvalue weighted by Gasteiger charge is -1.94. The van der Waals surface area contributed by atoms with Crippen molar-refractivity contribution in [1.82, 2.24) is 19.7 Å². The summed E-state index contributed by atoms with van der Waals surface area (Å²) in [7, 11) is 0. The minimum Gasteiger partial charge on any atom is -0.358 e. The average molecular weight is 285 g/mol. The van der Waals surface area contributed by atoms with E-state index in [4.69, 9.17) is 4.52 Å². The molecule has 106 valence electrons. The molecule has 0 spiro atoms. The summed E-state index contributed by atoms with van der Waals surface area (Å²) in [5, 5.41) is 14.4. The molecule has 0 aliphatic carbocycles. The third-order valence-corrected chi connectivity index (χ3v) is 2.90. The van der Waals surface area contributed by atoms with Gasteiger partial charge in [0.25, 0.3) is 5.89 Å². The monoisotopic (exact) mass is 285 g/mol. The third kappa shape index (κ3) is 2.78. The van der Waals surface area contributed by atoms with Gasteiger partial charge in [-0.1, -0.05) is 22.9 Å². The average Bonchev–Trinajstić information content (AvgIpc) is 3.10. The van der Waals surface area contributed by atoms with E-state index in [1.165, 1.54) is 17.1 Å². The van der Waals surface area contributed by atoms with Gasteiger partial charge < -0.3 is 19.2 Å². The molecule has 8 nitrogen and oxygen atoms in total. The van der Waals surface area contributed by atoms with Gasteiger partial charge in [0.15, 0.2) is 5.82 Å². The fourth-order valence-corrected chi connectivity index (χ4v) is 1.82. The highest BCUT2D eigenvalue weighted by atomic mass is 16.6. The van der Waals surface area contributed by atoms with Gasteiger partial charge in [0.05, 0.1) is 6.54 Å². The standard InChI is InChI=1S/C13H11N5O3/c1-9-2-4-10(5-3-9)13-15-11(16-21-13)6-17-7-12(14-8-17)18(19)20/h2-5,7-8H,6H2,1H3. The summed E-state index contributed by atoms with van der Waals surface area (Å²) >= 11 is 0. The van der Waals surface area contributed by atoms with Crippen LogP contribution in [0.25, 0.3) is 11.5 Å². The van der Waals surface area contributed by atoms with Gasteiger partial charge in [-0.2, -0.15) is 4.98 Å². The van der Waals surface area contributed by atoms with Crippen molar-refractivity contribution in [2.75, 3.05) is 0 Å². The van der Waals surface area contributed by atoms with E-state index in [1.54, 1.807) is 0 Å². The summed E-state index contributed by atoms with van der Waals surface area (Å²) in [6.45, 7) is 2.26. The molecule has 0 N–H and O–H groups in total. The van der Waals surface area contributed by atoms with Crippen LogP contribution in [0.1, 0.15) is 11.4 Å². The van der Waals surface area contributed by atoms with Crippen LogP contribution in [0, 0.1) is 17.0 Å². The van der Waals surface area contributed by atoms with Gasteiger partial charge in [-0.15, -0.1) is 0 Å². The number of hydrogen-bond donors (Lipinski definition) is 0. The molecule has 0 fully saturated rings. The summed E-state index contributed by atoms with van der Waals surface area (Å²) in [6.07, 6.45) is 2.68. The number of rotatable bonds is 4. The molecule has 0 saturated heterocycles. The number of aryl methyl sites for hydroxylation is 1. The lowest BCUT2D eigenvalue weighted by molar-refractivity contribution is -0.389. The molecule has 2 heterocycles. The summed E-state index contributed by atoms with van der Waals surface area (Å²) in [4.78, 5) is 17.9. The lowest BCUT2D eigenvalue weighted by atomic mass is 10.1. The van der Waals surface area contributed by atoms with Gasteiger partial charge >= 0.3 is 5.82 Å². The molecule has 0 atom stereocenters. The molecule has 2 aromatic heterocycles. The second-order valence-electron chi connectivity index (χ2n) is 4.54. The summed E-state index contributed by atoms with van der Waals surface area (Å²) in [6, 6.07) is 7.71. The molecule has 8 heteroatoms. The molecular formula is C13H11N5O3. The Labute approximate surface area is 119 Å². The summed E-state index contributed by atoms with van der Waals surface area (Å²) in [5.74, 6) is 0.634. The van der Waals surface area contributed by atoms with Crippen LogP contribution in [-0.2, 0) is 6.54 Å². The van der Waals surface area contributed by atoms with Crippen LogP contribution < -0.4 is 0 Å². The van der Waals surface area contributed by atoms with Crippen molar-refractivity contribution in [1.29, 1.82) is 0 Å². The SMILES string of the molecule is Cc1ccc(-c2nc(Cn3cnc([N+](=O)[O-])c3)no2)cc1. The zero-order valence-corrected chi connectivity index (χ0v) is 11.1. The topological polar surface area (TPSA) is 99.9 Å². The van der Waals surface area contributed by atoms with Crippen molar-refractivity contribution in [2.24, 2.45) is 0 Å². The molecular weight excluding hydrogens is 274 g/mol. The predicted molar refractivity (Wildman–Crippen MR) is 72.5 cm³/mol. The van der Waals surface area contributed by atoms with Crippen molar-refractivity contribution >= 4 is 5.82 Å². The van der Waals surface area contributed by atoms with E-state index in [-0.39, 0.29) is 12.4 Å². The second kappa shape index (κ2) is 5.16. The summed E-state index contributed by atoms with van der Waals surface area (Å²) < 4.78 is 6.72. The molecule has 21 heavy (non-hydrogen) atoms. The van der Waals surface area contributed by atoms with E-state index in [1.807, 2.05) is 31.2 Å². The zero-order valence-electron chi connectivity index (χ0n) is 11.1. The number of aromatic nitrogens is 4. The van der Waals surface area contributed by atoms with E-state index in [9.17, 15) is 10.1 Å². The Morgan fingerprint density at radius 3 is 2.76 bits per heavy atom. The molecule has 3 rings (SSSR count). The fraction of sp³-hybridized carbons (Fsp3) is 0.154. The normalized spacial score (nSPS) is 10.7. The van der Waals surface area contributed by atoms with Crippen molar-refractivity contribution < 1.29 is 9.45 Å². The number of imidazole rings is 1. The first kappa shape index (κ1) is 13.0. The van der Waals surface area contributed by atoms with Gasteiger partial charge in [0.2, 0.25) is 6.33 Å². The Balaban J connectivity index is 1.78. The minimum atomic E-state index is -0.551. The Kier molecular flexibility index (Phi) is 3.19. The minimum absolute atomic E-state index is 0.211. The van der Waals surface area contributed by atoms with Crippen LogP contribution in [0.2, 0.25) is 0 Å². The first-order chi connectivity index (χ1) is 10.1. The van der Waals surface area contributed by atoms with E-state index >= 15 is 0 Å². The van der Waals surface area contributed by atoms with E-state index in [0.29, 0.717) is 11.7 Å². The van der Waals surface area contributed by atoms with Gasteiger partial charge in [-0.3, -0.25) is 0 Å². The number of nitrogens with zero attached hydrogens (tertiary/aromatic N) is 5. The largest absolute Gasteiger partial charge is 0.381 e. The van der Waals surface area contributed by atoms with Gasteiger partial charge in [-0.25, -0.2) is 0 Å². The van der Waals surface area contributed by atoms with Crippen LogP contribution in [0.5, 0.6) is 0 Å². The maximum atomic E-state index is 10.6. The maximum Gasteiger partial charge on any atom is 0.381 e. The Bertz CT molecular complexity index is 775. The van der Waals surface area contributed by atoms with Gasteiger partial charge in [-0.05, 0) is 29.0 Å². The van der Waals surface area contributed by atoms with Crippen molar-refractivity contribution in [3.63, 3.8) is 0 Å². The van der Waals surface area contributed by atoms with E-state index in [2.05, 4.69) is 15.1 Å². The number of hydrogen-bond acceptors (Lipinski definition) is 6. The van der Waals surface area contributed by atoms with Crippen LogP contribution in [0.4, 0.5) is 5.82 Å². The first-order valence-corrected chi connectivity index (χ1v) is 6.17. The number of nitro groups is 1. The van der Waals surface area contributed by atoms with Crippen LogP contribution in [0.15, 0.2) is 41.3 Å². The second-order valence-corrected chi connectivity index (χ2v) is 4.54. The Morgan fingerprint density at radius 2 is 2.10 bits per heavy atom. The molecule has 3 aromatic rings. The van der Waals surface area contributed by atoms with Crippen LogP contribution in [-0.4, -0.2) is 24.6 Å². The van der Waals surface area contributed by atoms with Gasteiger partial charge in [0.1, 0.15) is 6.20 Å². The third-order valence-electron chi connectivity index (χ3n) is 2.90. The molecule has 0 aliphatic rings. The van der Waals surface area contributed by atoms with E-state index < -0.39 is 4.92 Å². The smallest absolute Gasteiger partial charge is 0.358 e. The molecule has 0 amide bonds. The van der Waals surface area contributed by atoms with Crippen molar-refractivity contribution in [3.05, 3.63) is 58.3 Å². The van der Waals surface area contributed by atoms with Crippen LogP contribution in [0.3, 0.4) is 0 Å². The van der Waals surface area contributed by atoms with Crippen LogP contribution >= 0.6 is 0 Å². The quantitative estimate of drug-likeness (QED) is 0.538. The lowest BCUT2D eigenvalue weighted by Crippen LogP contribution is -1.98.